The maximum atomic E-state index is 4.36. The van der Waals surface area contributed by atoms with E-state index in [2.05, 4.69) is 24.6 Å². The van der Waals surface area contributed by atoms with Crippen molar-refractivity contribution >= 4 is 0 Å². The molecule has 0 aliphatic heterocycles. The van der Waals surface area contributed by atoms with Gasteiger partial charge in [-0.3, -0.25) is 4.98 Å². The Balaban J connectivity index is 0.000000293. The molecule has 1 atom stereocenters. The van der Waals surface area contributed by atoms with Crippen LogP contribution in [-0.4, -0.2) is 4.98 Å². The second-order valence-corrected chi connectivity index (χ2v) is 3.70. The Bertz CT molecular complexity index is 266. The van der Waals surface area contributed by atoms with Crippen molar-refractivity contribution in [1.29, 1.82) is 0 Å². The van der Waals surface area contributed by atoms with Gasteiger partial charge in [-0.2, -0.15) is 0 Å². The molecule has 1 nitrogen and oxygen atoms in total. The van der Waals surface area contributed by atoms with Crippen molar-refractivity contribution in [3.05, 3.63) is 42.2 Å². The van der Waals surface area contributed by atoms with Gasteiger partial charge < -0.3 is 0 Å². The molecular weight excluding hydrogens is 170 g/mol. The highest BCUT2D eigenvalue weighted by molar-refractivity contribution is 5.25. The highest BCUT2D eigenvalue weighted by atomic mass is 14.7. The first-order valence-electron chi connectivity index (χ1n) is 5.31. The van der Waals surface area contributed by atoms with Gasteiger partial charge in [0.2, 0.25) is 0 Å². The molecule has 1 aromatic heterocycles. The number of pyridine rings is 1. The summed E-state index contributed by atoms with van der Waals surface area (Å²) >= 11 is 0. The minimum absolute atomic E-state index is 0.861. The van der Waals surface area contributed by atoms with E-state index in [-0.39, 0.29) is 0 Å². The number of aromatic nitrogens is 1. The van der Waals surface area contributed by atoms with E-state index >= 15 is 0 Å². The highest BCUT2D eigenvalue weighted by Crippen LogP contribution is 2.26. The standard InChI is InChI=1S/C10H13N.C3H6/c1-2-8-6-9-4-3-5-11-10(9)7-8;1-3-2/h3-5,8H,2,6-7H2,1H3;3H,1H2,2H3. The van der Waals surface area contributed by atoms with Crippen LogP contribution in [0.5, 0.6) is 0 Å². The fraction of sp³-hybridized carbons (Fsp3) is 0.462. The lowest BCUT2D eigenvalue weighted by Gasteiger charge is -2.00. The Labute approximate surface area is 86.9 Å². The predicted octanol–water partition coefficient (Wildman–Crippen LogP) is 3.40. The molecule has 0 aromatic carbocycles. The molecule has 0 fully saturated rings. The average Bonchev–Trinajstić information content (AvgIpc) is 2.61. The third-order valence-corrected chi connectivity index (χ3v) is 2.55. The molecule has 14 heavy (non-hydrogen) atoms. The quantitative estimate of drug-likeness (QED) is 0.617. The van der Waals surface area contributed by atoms with Crippen LogP contribution in [0.2, 0.25) is 0 Å². The van der Waals surface area contributed by atoms with E-state index in [4.69, 9.17) is 0 Å². The van der Waals surface area contributed by atoms with E-state index in [9.17, 15) is 0 Å². The summed E-state index contributed by atoms with van der Waals surface area (Å²) in [6, 6.07) is 4.24. The number of fused-ring (bicyclic) bond motifs is 1. The van der Waals surface area contributed by atoms with Gasteiger partial charge in [-0.15, -0.1) is 6.58 Å². The molecule has 2 rings (SSSR count). The molecule has 0 bridgehead atoms. The van der Waals surface area contributed by atoms with Crippen LogP contribution in [0.4, 0.5) is 0 Å². The van der Waals surface area contributed by atoms with Gasteiger partial charge in [0.1, 0.15) is 0 Å². The number of hydrogen-bond donors (Lipinski definition) is 0. The Kier molecular flexibility index (Phi) is 4.37. The van der Waals surface area contributed by atoms with Crippen LogP contribution >= 0.6 is 0 Å². The van der Waals surface area contributed by atoms with Crippen molar-refractivity contribution in [3.63, 3.8) is 0 Å². The summed E-state index contributed by atoms with van der Waals surface area (Å²) in [6.45, 7) is 7.51. The van der Waals surface area contributed by atoms with E-state index in [1.165, 1.54) is 30.5 Å². The molecule has 0 N–H and O–H groups in total. The van der Waals surface area contributed by atoms with Crippen molar-refractivity contribution < 1.29 is 0 Å². The molecule has 0 saturated carbocycles. The molecule has 0 saturated heterocycles. The molecular formula is C13H19N. The van der Waals surface area contributed by atoms with Crippen LogP contribution in [0.25, 0.3) is 0 Å². The molecule has 0 spiro atoms. The molecule has 1 heteroatoms. The van der Waals surface area contributed by atoms with Gasteiger partial charge in [-0.05, 0) is 37.3 Å². The van der Waals surface area contributed by atoms with E-state index < -0.39 is 0 Å². The Morgan fingerprint density at radius 1 is 1.57 bits per heavy atom. The molecule has 0 amide bonds. The van der Waals surface area contributed by atoms with Gasteiger partial charge in [-0.1, -0.05) is 25.5 Å². The Hall–Kier alpha value is -1.11. The normalized spacial score (nSPS) is 18.0. The van der Waals surface area contributed by atoms with E-state index in [0.717, 1.165) is 5.92 Å². The minimum Gasteiger partial charge on any atom is -0.261 e. The van der Waals surface area contributed by atoms with Crippen LogP contribution in [0, 0.1) is 5.92 Å². The lowest BCUT2D eigenvalue weighted by molar-refractivity contribution is 0.540. The van der Waals surface area contributed by atoms with Crippen molar-refractivity contribution in [2.75, 3.05) is 0 Å². The van der Waals surface area contributed by atoms with Crippen LogP contribution in [0.15, 0.2) is 31.0 Å². The van der Waals surface area contributed by atoms with E-state index in [1.807, 2.05) is 19.2 Å². The average molecular weight is 189 g/mol. The summed E-state index contributed by atoms with van der Waals surface area (Å²) in [6.07, 6.45) is 7.39. The van der Waals surface area contributed by atoms with E-state index in [1.54, 1.807) is 6.08 Å². The maximum absolute atomic E-state index is 4.36. The summed E-state index contributed by atoms with van der Waals surface area (Å²) in [5.41, 5.74) is 2.80. The van der Waals surface area contributed by atoms with Crippen LogP contribution in [-0.2, 0) is 12.8 Å². The van der Waals surface area contributed by atoms with Gasteiger partial charge in [0, 0.05) is 11.9 Å². The zero-order valence-corrected chi connectivity index (χ0v) is 9.16. The SMILES string of the molecule is C=CC.CCC1Cc2cccnc2C1. The predicted molar refractivity (Wildman–Crippen MR) is 61.3 cm³/mol. The van der Waals surface area contributed by atoms with Crippen LogP contribution in [0.1, 0.15) is 31.5 Å². The lowest BCUT2D eigenvalue weighted by Crippen LogP contribution is -1.95. The molecule has 1 aliphatic rings. The highest BCUT2D eigenvalue weighted by Gasteiger charge is 2.19. The zero-order chi connectivity index (χ0) is 10.4. The van der Waals surface area contributed by atoms with Gasteiger partial charge >= 0.3 is 0 Å². The summed E-state index contributed by atoms with van der Waals surface area (Å²) in [5, 5.41) is 0. The fourth-order valence-electron chi connectivity index (χ4n) is 1.79. The first-order chi connectivity index (χ1) is 6.81. The Morgan fingerprint density at radius 3 is 2.86 bits per heavy atom. The second-order valence-electron chi connectivity index (χ2n) is 3.70. The lowest BCUT2D eigenvalue weighted by atomic mass is 10.0. The number of nitrogens with zero attached hydrogens (tertiary/aromatic N) is 1. The minimum atomic E-state index is 0.861. The number of rotatable bonds is 1. The number of allylic oxidation sites excluding steroid dienone is 1. The second kappa shape index (κ2) is 5.58. The summed E-state index contributed by atoms with van der Waals surface area (Å²) in [4.78, 5) is 4.36. The molecule has 1 unspecified atom stereocenters. The van der Waals surface area contributed by atoms with Gasteiger partial charge in [0.05, 0.1) is 0 Å². The third kappa shape index (κ3) is 2.69. The number of hydrogen-bond acceptors (Lipinski definition) is 1. The zero-order valence-electron chi connectivity index (χ0n) is 9.16. The van der Waals surface area contributed by atoms with Gasteiger partial charge in [-0.25, -0.2) is 0 Å². The maximum Gasteiger partial charge on any atom is 0.0438 e. The third-order valence-electron chi connectivity index (χ3n) is 2.55. The summed E-state index contributed by atoms with van der Waals surface area (Å²) < 4.78 is 0. The van der Waals surface area contributed by atoms with Gasteiger partial charge in [0.25, 0.3) is 0 Å². The Morgan fingerprint density at radius 2 is 2.29 bits per heavy atom. The molecule has 1 heterocycles. The monoisotopic (exact) mass is 189 g/mol. The molecule has 0 radical (unpaired) electrons. The molecule has 1 aliphatic carbocycles. The van der Waals surface area contributed by atoms with Gasteiger partial charge in [0.15, 0.2) is 0 Å². The van der Waals surface area contributed by atoms with Crippen molar-refractivity contribution in [2.24, 2.45) is 5.92 Å². The largest absolute Gasteiger partial charge is 0.261 e. The fourth-order valence-corrected chi connectivity index (χ4v) is 1.79. The topological polar surface area (TPSA) is 12.9 Å². The van der Waals surface area contributed by atoms with Crippen molar-refractivity contribution in [3.8, 4) is 0 Å². The summed E-state index contributed by atoms with van der Waals surface area (Å²) in [7, 11) is 0. The van der Waals surface area contributed by atoms with Crippen molar-refractivity contribution in [2.45, 2.75) is 33.1 Å². The van der Waals surface area contributed by atoms with Crippen molar-refractivity contribution in [1.82, 2.24) is 4.98 Å². The molecule has 76 valence electrons. The first-order valence-corrected chi connectivity index (χ1v) is 5.31. The smallest absolute Gasteiger partial charge is 0.0438 e. The first kappa shape index (κ1) is 11.0. The van der Waals surface area contributed by atoms with E-state index in [0.29, 0.717) is 0 Å². The van der Waals surface area contributed by atoms with Crippen LogP contribution < -0.4 is 0 Å². The molecule has 1 aromatic rings. The van der Waals surface area contributed by atoms with Crippen LogP contribution in [0.3, 0.4) is 0 Å². The summed E-state index contributed by atoms with van der Waals surface area (Å²) in [5.74, 6) is 0.861.